The monoisotopic (exact) mass is 392 g/mol. The van der Waals surface area contributed by atoms with Gasteiger partial charge in [0.2, 0.25) is 5.89 Å². The minimum Gasteiger partial charge on any atom is -0.495 e. The minimum absolute atomic E-state index is 0.234. The van der Waals surface area contributed by atoms with Crippen LogP contribution in [0.15, 0.2) is 71.1 Å². The zero-order chi connectivity index (χ0) is 20.2. The lowest BCUT2D eigenvalue weighted by atomic mass is 10.2. The van der Waals surface area contributed by atoms with Crippen molar-refractivity contribution < 1.29 is 23.1 Å². The Morgan fingerprint density at radius 3 is 2.66 bits per heavy atom. The fraction of sp³-hybridized carbons (Fsp3) is 0.0909. The molecule has 0 unspecified atom stereocenters. The summed E-state index contributed by atoms with van der Waals surface area (Å²) in [6.45, 7) is -0.234. The summed E-state index contributed by atoms with van der Waals surface area (Å²) in [7, 11) is 1.51. The highest BCUT2D eigenvalue weighted by Crippen LogP contribution is 2.31. The third kappa shape index (κ3) is 4.19. The van der Waals surface area contributed by atoms with Gasteiger partial charge in [0.1, 0.15) is 22.8 Å². The maximum absolute atomic E-state index is 12.9. The van der Waals surface area contributed by atoms with E-state index in [1.54, 1.807) is 18.2 Å². The van der Waals surface area contributed by atoms with Crippen LogP contribution in [0.3, 0.4) is 0 Å². The molecule has 7 heteroatoms. The molecule has 4 aromatic rings. The second-order valence-electron chi connectivity index (χ2n) is 6.19. The van der Waals surface area contributed by atoms with Crippen molar-refractivity contribution >= 4 is 22.7 Å². The van der Waals surface area contributed by atoms with E-state index < -0.39 is 0 Å². The summed E-state index contributed by atoms with van der Waals surface area (Å²) < 4.78 is 29.4. The number of aromatic nitrogens is 1. The number of nitrogens with zero attached hydrogens (tertiary/aromatic N) is 1. The Morgan fingerprint density at radius 2 is 1.90 bits per heavy atom. The van der Waals surface area contributed by atoms with Gasteiger partial charge in [0, 0.05) is 5.56 Å². The summed E-state index contributed by atoms with van der Waals surface area (Å²) in [4.78, 5) is 16.8. The number of anilines is 1. The van der Waals surface area contributed by atoms with Gasteiger partial charge in [-0.1, -0.05) is 12.1 Å². The maximum Gasteiger partial charge on any atom is 0.262 e. The Bertz CT molecular complexity index is 1120. The Labute approximate surface area is 165 Å². The van der Waals surface area contributed by atoms with Gasteiger partial charge in [-0.05, 0) is 54.6 Å². The molecule has 0 fully saturated rings. The van der Waals surface area contributed by atoms with E-state index in [0.29, 0.717) is 34.2 Å². The molecule has 0 radical (unpaired) electrons. The first-order valence-electron chi connectivity index (χ1n) is 8.84. The van der Waals surface area contributed by atoms with Crippen LogP contribution in [0.4, 0.5) is 10.1 Å². The van der Waals surface area contributed by atoms with Crippen molar-refractivity contribution in [3.63, 3.8) is 0 Å². The van der Waals surface area contributed by atoms with Crippen molar-refractivity contribution in [2.45, 2.75) is 0 Å². The van der Waals surface area contributed by atoms with E-state index in [9.17, 15) is 9.18 Å². The number of hydrogen-bond acceptors (Lipinski definition) is 5. The van der Waals surface area contributed by atoms with Crippen LogP contribution in [-0.4, -0.2) is 24.6 Å². The first-order valence-corrected chi connectivity index (χ1v) is 8.84. The van der Waals surface area contributed by atoms with Crippen molar-refractivity contribution in [3.8, 4) is 23.0 Å². The molecule has 1 aromatic heterocycles. The number of carbonyl (C=O) groups is 1. The van der Waals surface area contributed by atoms with Crippen LogP contribution < -0.4 is 14.8 Å². The van der Waals surface area contributed by atoms with E-state index in [1.165, 1.54) is 31.4 Å². The number of benzene rings is 3. The number of para-hydroxylation sites is 2. The van der Waals surface area contributed by atoms with E-state index in [1.807, 2.05) is 24.3 Å². The molecule has 0 atom stereocenters. The molecule has 0 saturated carbocycles. The average molecular weight is 392 g/mol. The van der Waals surface area contributed by atoms with Gasteiger partial charge in [-0.3, -0.25) is 4.79 Å². The molecule has 6 nitrogen and oxygen atoms in total. The van der Waals surface area contributed by atoms with Gasteiger partial charge in [0.25, 0.3) is 5.91 Å². The van der Waals surface area contributed by atoms with Crippen LogP contribution in [0.2, 0.25) is 0 Å². The molecule has 1 amide bonds. The highest BCUT2D eigenvalue weighted by molar-refractivity contribution is 5.94. The molecule has 0 spiro atoms. The largest absolute Gasteiger partial charge is 0.495 e. The van der Waals surface area contributed by atoms with Crippen molar-refractivity contribution in [2.75, 3.05) is 19.0 Å². The number of carbonyl (C=O) groups excluding carboxylic acids is 1. The molecule has 0 aliphatic heterocycles. The van der Waals surface area contributed by atoms with Crippen LogP contribution in [0, 0.1) is 5.82 Å². The van der Waals surface area contributed by atoms with Crippen molar-refractivity contribution in [1.29, 1.82) is 0 Å². The lowest BCUT2D eigenvalue weighted by Gasteiger charge is -2.12. The molecule has 146 valence electrons. The van der Waals surface area contributed by atoms with Gasteiger partial charge in [-0.25, -0.2) is 9.37 Å². The summed E-state index contributed by atoms with van der Waals surface area (Å²) in [6, 6.07) is 18.1. The number of nitrogens with one attached hydrogen (secondary N) is 1. The topological polar surface area (TPSA) is 73.6 Å². The molecule has 4 rings (SSSR count). The van der Waals surface area contributed by atoms with E-state index in [-0.39, 0.29) is 18.3 Å². The molecule has 1 N–H and O–H groups in total. The fourth-order valence-electron chi connectivity index (χ4n) is 2.80. The number of hydrogen-bond donors (Lipinski definition) is 1. The Kier molecular flexibility index (Phi) is 5.11. The maximum atomic E-state index is 12.9. The third-order valence-corrected chi connectivity index (χ3v) is 4.20. The highest BCUT2D eigenvalue weighted by Gasteiger charge is 2.13. The predicted molar refractivity (Wildman–Crippen MR) is 107 cm³/mol. The fourth-order valence-corrected chi connectivity index (χ4v) is 2.80. The Hall–Kier alpha value is -3.87. The Balaban J connectivity index is 1.51. The van der Waals surface area contributed by atoms with E-state index in [0.717, 1.165) is 5.52 Å². The molecule has 0 aliphatic carbocycles. The molecule has 0 saturated heterocycles. The number of rotatable bonds is 6. The van der Waals surface area contributed by atoms with Gasteiger partial charge in [0.05, 0.1) is 12.8 Å². The summed E-state index contributed by atoms with van der Waals surface area (Å²) in [6.07, 6.45) is 0. The van der Waals surface area contributed by atoms with E-state index >= 15 is 0 Å². The van der Waals surface area contributed by atoms with Gasteiger partial charge >= 0.3 is 0 Å². The average Bonchev–Trinajstić information content (AvgIpc) is 3.17. The highest BCUT2D eigenvalue weighted by atomic mass is 19.1. The molecule has 0 aliphatic rings. The van der Waals surface area contributed by atoms with Crippen LogP contribution in [0.25, 0.3) is 22.6 Å². The first-order chi connectivity index (χ1) is 14.1. The van der Waals surface area contributed by atoms with Gasteiger partial charge in [0.15, 0.2) is 12.2 Å². The van der Waals surface area contributed by atoms with Gasteiger partial charge < -0.3 is 19.2 Å². The standard InChI is InChI=1S/C22H17FN2O4/c1-27-19-11-6-14(22-25-17-4-2-3-5-20(17)29-22)12-18(19)24-21(26)13-28-16-9-7-15(23)8-10-16/h2-12H,13H2,1H3,(H,24,26). The van der Waals surface area contributed by atoms with E-state index in [2.05, 4.69) is 10.3 Å². The smallest absolute Gasteiger partial charge is 0.262 e. The summed E-state index contributed by atoms with van der Waals surface area (Å²) >= 11 is 0. The second-order valence-corrected chi connectivity index (χ2v) is 6.19. The number of oxazole rings is 1. The molecular weight excluding hydrogens is 375 g/mol. The van der Waals surface area contributed by atoms with Crippen molar-refractivity contribution in [1.82, 2.24) is 4.98 Å². The van der Waals surface area contributed by atoms with Crippen molar-refractivity contribution in [3.05, 3.63) is 72.5 Å². The van der Waals surface area contributed by atoms with Gasteiger partial charge in [-0.2, -0.15) is 0 Å². The molecule has 1 heterocycles. The predicted octanol–water partition coefficient (Wildman–Crippen LogP) is 4.66. The SMILES string of the molecule is COc1ccc(-c2nc3ccccc3o2)cc1NC(=O)COc1ccc(F)cc1. The molecule has 29 heavy (non-hydrogen) atoms. The van der Waals surface area contributed by atoms with Gasteiger partial charge in [-0.15, -0.1) is 0 Å². The first kappa shape index (κ1) is 18.5. The lowest BCUT2D eigenvalue weighted by molar-refractivity contribution is -0.118. The zero-order valence-electron chi connectivity index (χ0n) is 15.5. The number of fused-ring (bicyclic) bond motifs is 1. The molecule has 3 aromatic carbocycles. The summed E-state index contributed by atoms with van der Waals surface area (Å²) in [5.74, 6) is 0.561. The summed E-state index contributed by atoms with van der Waals surface area (Å²) in [5.41, 5.74) is 2.57. The third-order valence-electron chi connectivity index (χ3n) is 4.20. The summed E-state index contributed by atoms with van der Waals surface area (Å²) in [5, 5.41) is 2.75. The van der Waals surface area contributed by atoms with Crippen LogP contribution >= 0.6 is 0 Å². The number of ether oxygens (including phenoxy) is 2. The zero-order valence-corrected chi connectivity index (χ0v) is 15.5. The number of methoxy groups -OCH3 is 1. The van der Waals surface area contributed by atoms with E-state index in [4.69, 9.17) is 13.9 Å². The normalized spacial score (nSPS) is 10.7. The second kappa shape index (κ2) is 8.02. The minimum atomic E-state index is -0.387. The quantitative estimate of drug-likeness (QED) is 0.517. The van der Waals surface area contributed by atoms with Crippen LogP contribution in [0.5, 0.6) is 11.5 Å². The number of amides is 1. The molecule has 0 bridgehead atoms. The van der Waals surface area contributed by atoms with Crippen molar-refractivity contribution in [2.24, 2.45) is 0 Å². The van der Waals surface area contributed by atoms with Crippen LogP contribution in [-0.2, 0) is 4.79 Å². The molecular formula is C22H17FN2O4. The Morgan fingerprint density at radius 1 is 1.10 bits per heavy atom. The van der Waals surface area contributed by atoms with Crippen LogP contribution in [0.1, 0.15) is 0 Å². The lowest BCUT2D eigenvalue weighted by Crippen LogP contribution is -2.20. The number of halogens is 1.